The van der Waals surface area contributed by atoms with Crippen molar-refractivity contribution in [3.05, 3.63) is 11.4 Å². The molecule has 0 bridgehead atoms. The topological polar surface area (TPSA) is 82.0 Å². The maximum Gasteiger partial charge on any atom is 0.272 e. The Morgan fingerprint density at radius 1 is 1.89 bits per heavy atom. The molecular weight excluding hydrogens is 122 g/mol. The lowest BCUT2D eigenvalue weighted by Crippen LogP contribution is -2.12. The van der Waals surface area contributed by atoms with E-state index in [0.29, 0.717) is 0 Å². The monoisotopic (exact) mass is 130 g/mol. The van der Waals surface area contributed by atoms with Crippen LogP contribution in [0.1, 0.15) is 20.3 Å². The second-order valence-electron chi connectivity index (χ2n) is 1.33. The summed E-state index contributed by atoms with van der Waals surface area (Å²) in [6.07, 6.45) is 0. The van der Waals surface area contributed by atoms with Crippen molar-refractivity contribution >= 4 is 5.91 Å². The van der Waals surface area contributed by atoms with Crippen LogP contribution >= 0.6 is 0 Å². The number of carbonyl (C=O) groups excluding carboxylic acids is 1. The molecule has 0 spiro atoms. The number of hydrogen-bond acceptors (Lipinski definition) is 4. The van der Waals surface area contributed by atoms with Gasteiger partial charge in [-0.25, -0.2) is 4.63 Å². The third kappa shape index (κ3) is 0.883. The van der Waals surface area contributed by atoms with E-state index in [-0.39, 0.29) is 0 Å². The molecule has 0 aliphatic rings. The molecule has 0 fully saturated rings. The average Bonchev–Trinajstić information content (AvgIpc) is 2.30. The lowest BCUT2D eigenvalue weighted by molar-refractivity contribution is 0.0990. The summed E-state index contributed by atoms with van der Waals surface area (Å²) in [5.74, 6) is -0.970. The first-order valence-corrected chi connectivity index (χ1v) is 2.06. The van der Waals surface area contributed by atoms with Crippen molar-refractivity contribution in [3.63, 3.8) is 0 Å². The lowest BCUT2D eigenvalue weighted by atomic mass is 10.3. The molecule has 0 atom stereocenters. The largest absolute Gasteiger partial charge is 0.364 e. The van der Waals surface area contributed by atoms with Crippen LogP contribution in [0.2, 0.25) is 0 Å². The van der Waals surface area contributed by atoms with Gasteiger partial charge in [0.15, 0.2) is 5.69 Å². The Morgan fingerprint density at radius 2 is 2.67 bits per heavy atom. The van der Waals surface area contributed by atoms with Crippen LogP contribution < -0.4 is 5.73 Å². The van der Waals surface area contributed by atoms with Gasteiger partial charge in [-0.05, 0) is 12.0 Å². The van der Waals surface area contributed by atoms with E-state index in [1.807, 2.05) is 0 Å². The molecular formula is C4H5N3O2. The first-order chi connectivity index (χ1) is 5.43. The maximum absolute atomic E-state index is 10.5. The van der Waals surface area contributed by atoms with E-state index in [1.165, 1.54) is 0 Å². The number of nitrogens with two attached hydrogens (primary N) is 1. The number of primary amides is 1. The predicted octanol–water partition coefficient (Wildman–Crippen LogP) is -0.523. The summed E-state index contributed by atoms with van der Waals surface area (Å²) < 4.78 is 24.7. The van der Waals surface area contributed by atoms with Crippen LogP contribution in [0.15, 0.2) is 4.63 Å². The van der Waals surface area contributed by atoms with Gasteiger partial charge >= 0.3 is 0 Å². The van der Waals surface area contributed by atoms with Gasteiger partial charge in [0.25, 0.3) is 5.91 Å². The molecule has 0 aromatic carbocycles. The van der Waals surface area contributed by atoms with Crippen molar-refractivity contribution in [2.75, 3.05) is 0 Å². The number of aryl methyl sites for hydroxylation is 1. The minimum Gasteiger partial charge on any atom is -0.364 e. The normalized spacial score (nSPS) is 15.8. The van der Waals surface area contributed by atoms with Crippen molar-refractivity contribution < 1.29 is 13.5 Å². The smallest absolute Gasteiger partial charge is 0.272 e. The first kappa shape index (κ1) is 2.95. The van der Waals surface area contributed by atoms with Crippen LogP contribution in [0.4, 0.5) is 0 Å². The number of rotatable bonds is 1. The summed E-state index contributed by atoms with van der Waals surface area (Å²) in [6, 6.07) is 0. The van der Waals surface area contributed by atoms with Crippen LogP contribution in [0.3, 0.4) is 0 Å². The molecule has 0 radical (unpaired) electrons. The Balaban J connectivity index is 3.17. The summed E-state index contributed by atoms with van der Waals surface area (Å²) in [4.78, 5) is 10.5. The van der Waals surface area contributed by atoms with Crippen molar-refractivity contribution in [3.8, 4) is 0 Å². The third-order valence-electron chi connectivity index (χ3n) is 0.722. The van der Waals surface area contributed by atoms with Crippen molar-refractivity contribution in [2.45, 2.75) is 6.85 Å². The van der Waals surface area contributed by atoms with E-state index in [1.54, 1.807) is 0 Å². The molecule has 5 heteroatoms. The Kier molecular flexibility index (Phi) is 0.606. The third-order valence-corrected chi connectivity index (χ3v) is 0.722. The highest BCUT2D eigenvalue weighted by Crippen LogP contribution is 1.96. The van der Waals surface area contributed by atoms with Crippen molar-refractivity contribution in [2.24, 2.45) is 5.73 Å². The molecule has 1 amide bonds. The van der Waals surface area contributed by atoms with Crippen LogP contribution in [-0.2, 0) is 0 Å². The molecule has 0 saturated carbocycles. The quantitative estimate of drug-likeness (QED) is 0.554. The number of amides is 1. The van der Waals surface area contributed by atoms with Crippen LogP contribution in [-0.4, -0.2) is 16.2 Å². The van der Waals surface area contributed by atoms with Crippen LogP contribution in [0.5, 0.6) is 0 Å². The molecule has 48 valence electrons. The Morgan fingerprint density at radius 3 is 3.11 bits per heavy atom. The fraction of sp³-hybridized carbons (Fsp3) is 0.250. The van der Waals surface area contributed by atoms with Crippen molar-refractivity contribution in [1.82, 2.24) is 10.3 Å². The number of aromatic nitrogens is 2. The molecule has 1 aromatic heterocycles. The standard InChI is InChI=1S/C4H5N3O2/c1-2-3(4(5)8)7-9-6-2/h1H3,(H2,5,8)/i1D3. The number of hydrogen-bond donors (Lipinski definition) is 1. The molecule has 9 heavy (non-hydrogen) atoms. The van der Waals surface area contributed by atoms with Gasteiger partial charge in [0.2, 0.25) is 0 Å². The van der Waals surface area contributed by atoms with E-state index in [2.05, 4.69) is 14.9 Å². The second kappa shape index (κ2) is 1.85. The van der Waals surface area contributed by atoms with Gasteiger partial charge in [-0.2, -0.15) is 0 Å². The highest BCUT2D eigenvalue weighted by Gasteiger charge is 2.09. The van der Waals surface area contributed by atoms with E-state index in [0.717, 1.165) is 0 Å². The molecule has 1 rings (SSSR count). The predicted molar refractivity (Wildman–Crippen MR) is 27.6 cm³/mol. The first-order valence-electron chi connectivity index (χ1n) is 3.56. The fourth-order valence-corrected chi connectivity index (χ4v) is 0.350. The van der Waals surface area contributed by atoms with Crippen molar-refractivity contribution in [1.29, 1.82) is 0 Å². The highest BCUT2D eigenvalue weighted by atomic mass is 16.6. The van der Waals surface area contributed by atoms with Gasteiger partial charge in [0.05, 0.1) is 0 Å². The average molecular weight is 130 g/mol. The summed E-state index contributed by atoms with van der Waals surface area (Å²) >= 11 is 0. The minimum absolute atomic E-state index is 0.449. The summed E-state index contributed by atoms with van der Waals surface area (Å²) in [5.41, 5.74) is 3.85. The molecule has 2 N–H and O–H groups in total. The molecule has 0 saturated heterocycles. The van der Waals surface area contributed by atoms with Gasteiger partial charge in [-0.3, -0.25) is 4.79 Å². The van der Waals surface area contributed by atoms with E-state index >= 15 is 0 Å². The van der Waals surface area contributed by atoms with Gasteiger partial charge in [-0.15, -0.1) is 0 Å². The van der Waals surface area contributed by atoms with E-state index < -0.39 is 24.1 Å². The van der Waals surface area contributed by atoms with Crippen LogP contribution in [0, 0.1) is 6.85 Å². The van der Waals surface area contributed by atoms with Gasteiger partial charge in [0, 0.05) is 4.11 Å². The van der Waals surface area contributed by atoms with E-state index in [9.17, 15) is 4.79 Å². The molecule has 1 aromatic rings. The Hall–Kier alpha value is -1.39. The van der Waals surface area contributed by atoms with Gasteiger partial charge in [0.1, 0.15) is 5.69 Å². The van der Waals surface area contributed by atoms with Gasteiger partial charge in [-0.1, -0.05) is 5.16 Å². The maximum atomic E-state index is 10.5. The zero-order valence-electron chi connectivity index (χ0n) is 7.29. The number of nitrogens with zero attached hydrogens (tertiary/aromatic N) is 2. The van der Waals surface area contributed by atoms with E-state index in [4.69, 9.17) is 9.85 Å². The fourth-order valence-electron chi connectivity index (χ4n) is 0.350. The summed E-state index contributed by atoms with van der Waals surface area (Å²) in [7, 11) is 0. The molecule has 0 aliphatic carbocycles. The SMILES string of the molecule is [2H]C([2H])([2H])c1nonc1C(N)=O. The number of carbonyl (C=O) groups is 1. The zero-order valence-corrected chi connectivity index (χ0v) is 4.29. The molecule has 0 unspecified atom stereocenters. The Bertz CT molecular complexity index is 305. The van der Waals surface area contributed by atoms with Gasteiger partial charge < -0.3 is 5.73 Å². The minimum atomic E-state index is -2.52. The second-order valence-corrected chi connectivity index (χ2v) is 1.33. The van der Waals surface area contributed by atoms with Crippen LogP contribution in [0.25, 0.3) is 0 Å². The Labute approximate surface area is 55.0 Å². The molecule has 0 aliphatic heterocycles. The summed E-state index contributed by atoms with van der Waals surface area (Å²) in [6.45, 7) is -2.52. The highest BCUT2D eigenvalue weighted by molar-refractivity contribution is 5.91. The molecule has 5 nitrogen and oxygen atoms in total. The zero-order chi connectivity index (χ0) is 9.35. The summed E-state index contributed by atoms with van der Waals surface area (Å²) in [5, 5.41) is 6.12. The molecule has 1 heterocycles. The lowest BCUT2D eigenvalue weighted by Gasteiger charge is -1.81.